The lowest BCUT2D eigenvalue weighted by Crippen LogP contribution is -1.91. The lowest BCUT2D eigenvalue weighted by atomic mass is 10.2. The number of aromatic amines is 1. The quantitative estimate of drug-likeness (QED) is 0.760. The zero-order chi connectivity index (χ0) is 12.2. The van der Waals surface area contributed by atoms with Crippen molar-refractivity contribution in [1.82, 2.24) is 20.2 Å². The highest BCUT2D eigenvalue weighted by atomic mass is 15.2. The fourth-order valence-corrected chi connectivity index (χ4v) is 1.79. The molecule has 0 unspecified atom stereocenters. The van der Waals surface area contributed by atoms with Crippen LogP contribution in [0.5, 0.6) is 0 Å². The Kier molecular flexibility index (Phi) is 2.84. The highest BCUT2D eigenvalue weighted by Gasteiger charge is 2.05. The van der Waals surface area contributed by atoms with E-state index in [-0.39, 0.29) is 0 Å². The molecular formula is C14H12N4. The van der Waals surface area contributed by atoms with Gasteiger partial charge < -0.3 is 0 Å². The van der Waals surface area contributed by atoms with Crippen LogP contribution in [0.25, 0.3) is 11.4 Å². The van der Waals surface area contributed by atoms with Gasteiger partial charge in [-0.1, -0.05) is 36.4 Å². The van der Waals surface area contributed by atoms with Crippen LogP contribution in [0.3, 0.4) is 0 Å². The molecule has 0 saturated carbocycles. The summed E-state index contributed by atoms with van der Waals surface area (Å²) in [6, 6.07) is 13.9. The molecule has 4 nitrogen and oxygen atoms in total. The standard InChI is InChI=1S/C14H12N4/c1-2-6-12(7-3-1)14-16-13(17-18-14)9-11-5-4-8-15-10-11/h1-8,10H,9H2,(H,16,17,18). The first kappa shape index (κ1) is 10.7. The maximum Gasteiger partial charge on any atom is 0.181 e. The van der Waals surface area contributed by atoms with Crippen molar-refractivity contribution in [3.63, 3.8) is 0 Å². The normalized spacial score (nSPS) is 10.4. The summed E-state index contributed by atoms with van der Waals surface area (Å²) >= 11 is 0. The summed E-state index contributed by atoms with van der Waals surface area (Å²) in [5.41, 5.74) is 2.14. The predicted octanol–water partition coefficient (Wildman–Crippen LogP) is 2.46. The second kappa shape index (κ2) is 4.79. The molecule has 2 aromatic heterocycles. The monoisotopic (exact) mass is 236 g/mol. The fourth-order valence-electron chi connectivity index (χ4n) is 1.79. The number of nitrogens with one attached hydrogen (secondary N) is 1. The Morgan fingerprint density at radius 2 is 1.89 bits per heavy atom. The van der Waals surface area contributed by atoms with Gasteiger partial charge in [-0.05, 0) is 11.6 Å². The summed E-state index contributed by atoms with van der Waals surface area (Å²) in [7, 11) is 0. The van der Waals surface area contributed by atoms with Gasteiger partial charge in [0.25, 0.3) is 0 Å². The van der Waals surface area contributed by atoms with E-state index in [1.54, 1.807) is 6.20 Å². The van der Waals surface area contributed by atoms with Crippen LogP contribution in [-0.4, -0.2) is 20.2 Å². The first-order valence-electron chi connectivity index (χ1n) is 5.77. The molecule has 2 heterocycles. The molecular weight excluding hydrogens is 224 g/mol. The number of pyridine rings is 1. The van der Waals surface area contributed by atoms with Gasteiger partial charge in [-0.3, -0.25) is 10.1 Å². The van der Waals surface area contributed by atoms with Crippen molar-refractivity contribution < 1.29 is 0 Å². The van der Waals surface area contributed by atoms with Gasteiger partial charge in [-0.15, -0.1) is 0 Å². The molecule has 0 amide bonds. The highest BCUT2D eigenvalue weighted by Crippen LogP contribution is 2.14. The molecule has 4 heteroatoms. The third-order valence-electron chi connectivity index (χ3n) is 2.66. The minimum atomic E-state index is 0.716. The van der Waals surface area contributed by atoms with E-state index in [4.69, 9.17) is 0 Å². The van der Waals surface area contributed by atoms with Crippen LogP contribution in [0.15, 0.2) is 54.9 Å². The minimum absolute atomic E-state index is 0.716. The van der Waals surface area contributed by atoms with Crippen molar-refractivity contribution in [1.29, 1.82) is 0 Å². The lowest BCUT2D eigenvalue weighted by Gasteiger charge is -1.95. The molecule has 3 rings (SSSR count). The largest absolute Gasteiger partial charge is 0.264 e. The van der Waals surface area contributed by atoms with Gasteiger partial charge in [0.1, 0.15) is 5.82 Å². The molecule has 0 bridgehead atoms. The SMILES string of the molecule is c1ccc(-c2n[nH]c(Cc3cccnc3)n2)cc1. The molecule has 0 aliphatic carbocycles. The average Bonchev–Trinajstić information content (AvgIpc) is 2.89. The molecule has 18 heavy (non-hydrogen) atoms. The molecule has 88 valence electrons. The van der Waals surface area contributed by atoms with Crippen molar-refractivity contribution >= 4 is 0 Å². The summed E-state index contributed by atoms with van der Waals surface area (Å²) < 4.78 is 0. The second-order valence-corrected chi connectivity index (χ2v) is 4.01. The lowest BCUT2D eigenvalue weighted by molar-refractivity contribution is 0.966. The molecule has 0 aliphatic rings. The Labute approximate surface area is 105 Å². The molecule has 0 saturated heterocycles. The van der Waals surface area contributed by atoms with Crippen LogP contribution in [-0.2, 0) is 6.42 Å². The predicted molar refractivity (Wildman–Crippen MR) is 68.9 cm³/mol. The van der Waals surface area contributed by atoms with Crippen LogP contribution in [0.1, 0.15) is 11.4 Å². The number of hydrogen-bond acceptors (Lipinski definition) is 3. The van der Waals surface area contributed by atoms with Gasteiger partial charge in [0.15, 0.2) is 5.82 Å². The maximum atomic E-state index is 4.48. The van der Waals surface area contributed by atoms with E-state index in [1.165, 1.54) is 0 Å². The third kappa shape index (κ3) is 2.27. The summed E-state index contributed by atoms with van der Waals surface area (Å²) in [4.78, 5) is 8.57. The smallest absolute Gasteiger partial charge is 0.181 e. The Balaban J connectivity index is 1.82. The second-order valence-electron chi connectivity index (χ2n) is 4.01. The maximum absolute atomic E-state index is 4.48. The van der Waals surface area contributed by atoms with Gasteiger partial charge in [0.05, 0.1) is 0 Å². The summed E-state index contributed by atoms with van der Waals surface area (Å²) in [5, 5.41) is 7.19. The topological polar surface area (TPSA) is 54.5 Å². The van der Waals surface area contributed by atoms with E-state index in [0.717, 1.165) is 22.8 Å². The van der Waals surface area contributed by atoms with Crippen molar-refractivity contribution in [3.05, 3.63) is 66.2 Å². The number of rotatable bonds is 3. The van der Waals surface area contributed by atoms with Crippen LogP contribution in [0.2, 0.25) is 0 Å². The van der Waals surface area contributed by atoms with Crippen LogP contribution in [0.4, 0.5) is 0 Å². The average molecular weight is 236 g/mol. The molecule has 3 aromatic rings. The fraction of sp³-hybridized carbons (Fsp3) is 0.0714. The van der Waals surface area contributed by atoms with E-state index in [9.17, 15) is 0 Å². The Morgan fingerprint density at radius 1 is 1.00 bits per heavy atom. The van der Waals surface area contributed by atoms with Crippen molar-refractivity contribution in [2.45, 2.75) is 6.42 Å². The zero-order valence-corrected chi connectivity index (χ0v) is 9.74. The molecule has 0 radical (unpaired) electrons. The third-order valence-corrected chi connectivity index (χ3v) is 2.66. The first-order valence-corrected chi connectivity index (χ1v) is 5.77. The Morgan fingerprint density at radius 3 is 2.67 bits per heavy atom. The van der Waals surface area contributed by atoms with Crippen molar-refractivity contribution in [2.75, 3.05) is 0 Å². The van der Waals surface area contributed by atoms with E-state index in [0.29, 0.717) is 6.42 Å². The molecule has 1 N–H and O–H groups in total. The van der Waals surface area contributed by atoms with E-state index in [1.807, 2.05) is 48.7 Å². The molecule has 0 fully saturated rings. The minimum Gasteiger partial charge on any atom is -0.264 e. The van der Waals surface area contributed by atoms with Crippen LogP contribution in [0, 0.1) is 0 Å². The summed E-state index contributed by atoms with van der Waals surface area (Å²) in [6.07, 6.45) is 4.32. The molecule has 0 atom stereocenters. The number of H-pyrrole nitrogens is 1. The van der Waals surface area contributed by atoms with Gasteiger partial charge >= 0.3 is 0 Å². The van der Waals surface area contributed by atoms with Crippen molar-refractivity contribution in [2.24, 2.45) is 0 Å². The summed E-state index contributed by atoms with van der Waals surface area (Å²) in [6.45, 7) is 0. The van der Waals surface area contributed by atoms with Gasteiger partial charge in [0, 0.05) is 24.4 Å². The number of benzene rings is 1. The van der Waals surface area contributed by atoms with Gasteiger partial charge in [0.2, 0.25) is 0 Å². The van der Waals surface area contributed by atoms with Crippen LogP contribution >= 0.6 is 0 Å². The highest BCUT2D eigenvalue weighted by molar-refractivity contribution is 5.53. The zero-order valence-electron chi connectivity index (χ0n) is 9.74. The number of hydrogen-bond donors (Lipinski definition) is 1. The van der Waals surface area contributed by atoms with Crippen molar-refractivity contribution in [3.8, 4) is 11.4 Å². The Bertz CT molecular complexity index is 617. The van der Waals surface area contributed by atoms with Gasteiger partial charge in [-0.25, -0.2) is 4.98 Å². The van der Waals surface area contributed by atoms with E-state index in [2.05, 4.69) is 20.2 Å². The molecule has 1 aromatic carbocycles. The Hall–Kier alpha value is -2.49. The number of nitrogens with zero attached hydrogens (tertiary/aromatic N) is 3. The molecule has 0 spiro atoms. The number of aromatic nitrogens is 4. The van der Waals surface area contributed by atoms with E-state index < -0.39 is 0 Å². The van der Waals surface area contributed by atoms with Gasteiger partial charge in [-0.2, -0.15) is 5.10 Å². The van der Waals surface area contributed by atoms with Crippen LogP contribution < -0.4 is 0 Å². The van der Waals surface area contributed by atoms with E-state index >= 15 is 0 Å². The first-order chi connectivity index (χ1) is 8.92. The molecule has 0 aliphatic heterocycles. The summed E-state index contributed by atoms with van der Waals surface area (Å²) in [5.74, 6) is 1.58.